The molecule has 0 N–H and O–H groups in total. The number of benzene rings is 8. The Morgan fingerprint density at radius 2 is 1.02 bits per heavy atom. The summed E-state index contributed by atoms with van der Waals surface area (Å²) in [5.74, 6) is 0.991. The zero-order valence-electron chi connectivity index (χ0n) is 31.2. The van der Waals surface area contributed by atoms with Crippen LogP contribution in [0.25, 0.3) is 105 Å². The number of rotatable bonds is 5. The van der Waals surface area contributed by atoms with Crippen LogP contribution in [0.3, 0.4) is 0 Å². The van der Waals surface area contributed by atoms with Gasteiger partial charge in [-0.2, -0.15) is 0 Å². The van der Waals surface area contributed by atoms with Crippen LogP contribution < -0.4 is 0 Å². The molecule has 0 unspecified atom stereocenters. The third-order valence-corrected chi connectivity index (χ3v) is 12.0. The maximum Gasteiger partial charge on any atom is 0.135 e. The molecule has 3 nitrogen and oxygen atoms in total. The summed E-state index contributed by atoms with van der Waals surface area (Å²) in [6.07, 6.45) is 6.38. The van der Waals surface area contributed by atoms with E-state index in [9.17, 15) is 0 Å². The van der Waals surface area contributed by atoms with Gasteiger partial charge in [0, 0.05) is 43.7 Å². The predicted molar refractivity (Wildman–Crippen MR) is 239 cm³/mol. The Morgan fingerprint density at radius 1 is 0.421 bits per heavy atom. The van der Waals surface area contributed by atoms with Gasteiger partial charge in [0.05, 0.1) is 27.8 Å². The minimum atomic E-state index is 0.950. The van der Waals surface area contributed by atoms with Gasteiger partial charge >= 0.3 is 0 Å². The van der Waals surface area contributed by atoms with E-state index in [-0.39, 0.29) is 0 Å². The maximum absolute atomic E-state index is 6.38. The fourth-order valence-electron chi connectivity index (χ4n) is 9.45. The molecule has 0 aliphatic heterocycles. The SMILES string of the molecule is C1=Cc2oc3cccc(-c4ccccc4-n4c5ccccc5c5cc(-c6ccc7c(c6)c6ccccc6n7-c6cccc(-c7ccccc7)c6)ccc54)c3c2CC1. The number of nitrogens with zero attached hydrogens (tertiary/aromatic N) is 2. The molecular formula is C54H36N2O. The lowest BCUT2D eigenvalue weighted by Gasteiger charge is -2.15. The average Bonchev–Trinajstić information content (AvgIpc) is 3.94. The molecule has 0 radical (unpaired) electrons. The number of aryl methyl sites for hydroxylation is 1. The van der Waals surface area contributed by atoms with Crippen molar-refractivity contribution in [2.24, 2.45) is 0 Å². The van der Waals surface area contributed by atoms with Gasteiger partial charge in [0.1, 0.15) is 11.3 Å². The summed E-state index contributed by atoms with van der Waals surface area (Å²) in [5, 5.41) is 6.20. The fraction of sp³-hybridized carbons (Fsp3) is 0.0370. The molecule has 0 saturated carbocycles. The summed E-state index contributed by atoms with van der Waals surface area (Å²) in [6.45, 7) is 0. The molecule has 0 bridgehead atoms. The number of allylic oxidation sites excluding steroid dienone is 1. The van der Waals surface area contributed by atoms with E-state index in [0.29, 0.717) is 0 Å². The van der Waals surface area contributed by atoms with Gasteiger partial charge in [-0.05, 0) is 107 Å². The third kappa shape index (κ3) is 4.92. The van der Waals surface area contributed by atoms with Gasteiger partial charge in [0.2, 0.25) is 0 Å². The van der Waals surface area contributed by atoms with Gasteiger partial charge in [-0.3, -0.25) is 0 Å². The van der Waals surface area contributed by atoms with E-state index >= 15 is 0 Å². The van der Waals surface area contributed by atoms with E-state index in [4.69, 9.17) is 4.42 Å². The molecule has 1 aliphatic rings. The summed E-state index contributed by atoms with van der Waals surface area (Å²) < 4.78 is 11.2. The van der Waals surface area contributed by atoms with Crippen molar-refractivity contribution < 1.29 is 4.42 Å². The summed E-state index contributed by atoms with van der Waals surface area (Å²) in [4.78, 5) is 0. The first-order valence-electron chi connectivity index (χ1n) is 19.8. The van der Waals surface area contributed by atoms with E-state index in [0.717, 1.165) is 35.6 Å². The average molecular weight is 729 g/mol. The molecule has 57 heavy (non-hydrogen) atoms. The second-order valence-corrected chi connectivity index (χ2v) is 15.2. The van der Waals surface area contributed by atoms with Crippen molar-refractivity contribution in [2.75, 3.05) is 0 Å². The molecule has 12 rings (SSSR count). The van der Waals surface area contributed by atoms with Crippen molar-refractivity contribution in [1.29, 1.82) is 0 Å². The largest absolute Gasteiger partial charge is 0.456 e. The number of hydrogen-bond donors (Lipinski definition) is 0. The molecule has 0 atom stereocenters. The normalized spacial score (nSPS) is 12.7. The van der Waals surface area contributed by atoms with Gasteiger partial charge in [0.15, 0.2) is 0 Å². The first-order chi connectivity index (χ1) is 28.3. The van der Waals surface area contributed by atoms with Crippen molar-refractivity contribution >= 4 is 60.7 Å². The number of fused-ring (bicyclic) bond motifs is 9. The lowest BCUT2D eigenvalue weighted by atomic mass is 9.93. The molecule has 8 aromatic carbocycles. The summed E-state index contributed by atoms with van der Waals surface area (Å²) in [5.41, 5.74) is 16.6. The molecule has 1 aliphatic carbocycles. The lowest BCUT2D eigenvalue weighted by Crippen LogP contribution is -1.98. The fourth-order valence-corrected chi connectivity index (χ4v) is 9.45. The van der Waals surface area contributed by atoms with Gasteiger partial charge in [-0.25, -0.2) is 0 Å². The standard InChI is InChI=1S/C54H36N2O/c1-2-14-35(15-3-1)36-16-12-17-39(32-36)55-47-23-8-5-19-41(47)45-33-37(28-30-50(45)55)38-29-31-51-46(34-38)42-20-6-10-25-49(42)56(51)48-24-9-4-18-40(48)43-22-13-27-53-54(43)44-21-7-11-26-52(44)57-53/h1-6,8-20,22-34H,7,21H2. The second kappa shape index (κ2) is 12.6. The van der Waals surface area contributed by atoms with Crippen LogP contribution in [0.15, 0.2) is 192 Å². The Kier molecular flexibility index (Phi) is 7.05. The van der Waals surface area contributed by atoms with Crippen molar-refractivity contribution in [3.63, 3.8) is 0 Å². The van der Waals surface area contributed by atoms with Crippen LogP contribution in [0.4, 0.5) is 0 Å². The van der Waals surface area contributed by atoms with Crippen molar-refractivity contribution in [3.8, 4) is 44.8 Å². The summed E-state index contributed by atoms with van der Waals surface area (Å²) in [7, 11) is 0. The van der Waals surface area contributed by atoms with Gasteiger partial charge in [-0.15, -0.1) is 0 Å². The van der Waals surface area contributed by atoms with Crippen LogP contribution in [0, 0.1) is 0 Å². The van der Waals surface area contributed by atoms with E-state index in [2.05, 4.69) is 203 Å². The minimum absolute atomic E-state index is 0.950. The van der Waals surface area contributed by atoms with E-state index in [1.54, 1.807) is 0 Å². The zero-order chi connectivity index (χ0) is 37.5. The van der Waals surface area contributed by atoms with E-state index < -0.39 is 0 Å². The molecule has 0 fully saturated rings. The molecule has 3 heteroatoms. The highest BCUT2D eigenvalue weighted by atomic mass is 16.3. The third-order valence-electron chi connectivity index (χ3n) is 12.0. The quantitative estimate of drug-likeness (QED) is 0.173. The highest BCUT2D eigenvalue weighted by molar-refractivity contribution is 6.13. The molecule has 0 spiro atoms. The Hall–Kier alpha value is -7.36. The highest BCUT2D eigenvalue weighted by Crippen LogP contribution is 2.43. The van der Waals surface area contributed by atoms with Crippen LogP contribution in [0.1, 0.15) is 17.7 Å². The summed E-state index contributed by atoms with van der Waals surface area (Å²) in [6, 6.07) is 66.4. The molecule has 0 saturated heterocycles. The van der Waals surface area contributed by atoms with Crippen LogP contribution in [-0.4, -0.2) is 9.13 Å². The molecule has 3 heterocycles. The van der Waals surface area contributed by atoms with Crippen LogP contribution in [0.2, 0.25) is 0 Å². The van der Waals surface area contributed by atoms with Crippen molar-refractivity contribution in [3.05, 3.63) is 199 Å². The van der Waals surface area contributed by atoms with E-state index in [1.807, 2.05) is 0 Å². The number of para-hydroxylation sites is 3. The van der Waals surface area contributed by atoms with Crippen molar-refractivity contribution in [2.45, 2.75) is 12.8 Å². The Bertz CT molecular complexity index is 3410. The Labute approximate surface area is 330 Å². The number of furan rings is 1. The van der Waals surface area contributed by atoms with Crippen LogP contribution >= 0.6 is 0 Å². The number of aromatic nitrogens is 2. The Balaban J connectivity index is 1.02. The van der Waals surface area contributed by atoms with E-state index in [1.165, 1.54) is 87.9 Å². The topological polar surface area (TPSA) is 23.0 Å². The van der Waals surface area contributed by atoms with Crippen molar-refractivity contribution in [1.82, 2.24) is 9.13 Å². The van der Waals surface area contributed by atoms with Gasteiger partial charge < -0.3 is 13.6 Å². The number of hydrogen-bond acceptors (Lipinski definition) is 1. The van der Waals surface area contributed by atoms with Gasteiger partial charge in [0.25, 0.3) is 0 Å². The maximum atomic E-state index is 6.38. The molecule has 268 valence electrons. The zero-order valence-corrected chi connectivity index (χ0v) is 31.2. The first kappa shape index (κ1) is 31.9. The minimum Gasteiger partial charge on any atom is -0.456 e. The monoisotopic (exact) mass is 728 g/mol. The highest BCUT2D eigenvalue weighted by Gasteiger charge is 2.22. The first-order valence-corrected chi connectivity index (χ1v) is 19.8. The second-order valence-electron chi connectivity index (χ2n) is 15.2. The predicted octanol–water partition coefficient (Wildman–Crippen LogP) is 14.6. The smallest absolute Gasteiger partial charge is 0.135 e. The molecule has 11 aromatic rings. The molecule has 0 amide bonds. The van der Waals surface area contributed by atoms with Gasteiger partial charge in [-0.1, -0.05) is 127 Å². The molecular weight excluding hydrogens is 693 g/mol. The van der Waals surface area contributed by atoms with Crippen LogP contribution in [0.5, 0.6) is 0 Å². The Morgan fingerprint density at radius 3 is 1.81 bits per heavy atom. The summed E-state index contributed by atoms with van der Waals surface area (Å²) >= 11 is 0. The lowest BCUT2D eigenvalue weighted by molar-refractivity contribution is 0.595. The van der Waals surface area contributed by atoms with Crippen LogP contribution in [-0.2, 0) is 6.42 Å². The molecule has 3 aromatic heterocycles.